The Labute approximate surface area is 180 Å². The summed E-state index contributed by atoms with van der Waals surface area (Å²) in [4.78, 5) is 18.9. The molecule has 0 fully saturated rings. The number of hydrogen-bond acceptors (Lipinski definition) is 6. The van der Waals surface area contributed by atoms with Gasteiger partial charge in [0.1, 0.15) is 17.1 Å². The van der Waals surface area contributed by atoms with Gasteiger partial charge in [-0.1, -0.05) is 18.3 Å². The summed E-state index contributed by atoms with van der Waals surface area (Å²) in [6.07, 6.45) is 1.45. The second kappa shape index (κ2) is 8.20. The zero-order chi connectivity index (χ0) is 22.2. The number of aromatic nitrogens is 1. The molecule has 0 radical (unpaired) electrons. The van der Waals surface area contributed by atoms with E-state index in [4.69, 9.17) is 4.42 Å². The van der Waals surface area contributed by atoms with Crippen LogP contribution in [-0.2, 0) is 16.4 Å². The third kappa shape index (κ3) is 4.21. The minimum atomic E-state index is -3.41. The van der Waals surface area contributed by atoms with Gasteiger partial charge in [0.2, 0.25) is 0 Å². The summed E-state index contributed by atoms with van der Waals surface area (Å²) >= 11 is 0.966. The molecule has 160 valence electrons. The third-order valence-electron chi connectivity index (χ3n) is 4.61. The number of carbonyl (C=O) groups excluding carboxylic acids is 1. The van der Waals surface area contributed by atoms with E-state index in [0.717, 1.165) is 23.5 Å². The maximum absolute atomic E-state index is 14.1. The van der Waals surface area contributed by atoms with Crippen molar-refractivity contribution in [2.45, 2.75) is 18.4 Å². The summed E-state index contributed by atoms with van der Waals surface area (Å²) in [6, 6.07) is 10.8. The van der Waals surface area contributed by atoms with Gasteiger partial charge in [0.25, 0.3) is 5.91 Å². The lowest BCUT2D eigenvalue weighted by Crippen LogP contribution is -2.30. The summed E-state index contributed by atoms with van der Waals surface area (Å²) in [5.41, 5.74) is 0.176. The fourth-order valence-corrected chi connectivity index (χ4v) is 4.86. The zero-order valence-electron chi connectivity index (χ0n) is 16.2. The van der Waals surface area contributed by atoms with E-state index in [9.17, 15) is 22.0 Å². The van der Waals surface area contributed by atoms with Gasteiger partial charge >= 0.3 is 0 Å². The largest absolute Gasteiger partial charge is 0.467 e. The molecule has 10 heteroatoms. The van der Waals surface area contributed by atoms with Gasteiger partial charge in [-0.05, 0) is 42.5 Å². The molecule has 1 amide bonds. The predicted octanol–water partition coefficient (Wildman–Crippen LogP) is 4.81. The van der Waals surface area contributed by atoms with Crippen LogP contribution in [0.15, 0.2) is 64.1 Å². The zero-order valence-corrected chi connectivity index (χ0v) is 17.8. The molecule has 4 rings (SSSR count). The average Bonchev–Trinajstić information content (AvgIpc) is 3.41. The SMILES string of the molecule is CCS(=O)(=O)c1ccc(C(=O)N(Cc2ccco2)c2nc3c(F)cc(F)cc3s2)cc1. The second-order valence-electron chi connectivity index (χ2n) is 6.63. The number of sulfone groups is 1. The predicted molar refractivity (Wildman–Crippen MR) is 113 cm³/mol. The maximum atomic E-state index is 14.1. The van der Waals surface area contributed by atoms with E-state index in [1.807, 2.05) is 0 Å². The highest BCUT2D eigenvalue weighted by atomic mass is 32.2. The van der Waals surface area contributed by atoms with Gasteiger partial charge in [0, 0.05) is 11.6 Å². The molecular formula is C21H16F2N2O4S2. The topological polar surface area (TPSA) is 80.5 Å². The number of furan rings is 1. The Hall–Kier alpha value is -3.11. The number of fused-ring (bicyclic) bond motifs is 1. The van der Waals surface area contributed by atoms with Crippen molar-refractivity contribution in [1.29, 1.82) is 0 Å². The number of amides is 1. The molecule has 0 aliphatic carbocycles. The number of benzene rings is 2. The van der Waals surface area contributed by atoms with E-state index < -0.39 is 27.4 Å². The molecule has 2 aromatic heterocycles. The Morgan fingerprint density at radius 1 is 1.16 bits per heavy atom. The van der Waals surface area contributed by atoms with Crippen LogP contribution >= 0.6 is 11.3 Å². The average molecular weight is 462 g/mol. The van der Waals surface area contributed by atoms with Gasteiger partial charge in [0.15, 0.2) is 20.8 Å². The van der Waals surface area contributed by atoms with Crippen LogP contribution in [0.5, 0.6) is 0 Å². The minimum absolute atomic E-state index is 0.00473. The van der Waals surface area contributed by atoms with Gasteiger partial charge in [-0.25, -0.2) is 22.2 Å². The number of halogens is 2. The first kappa shape index (κ1) is 21.1. The molecule has 0 unspecified atom stereocenters. The van der Waals surface area contributed by atoms with Crippen LogP contribution in [0.4, 0.5) is 13.9 Å². The third-order valence-corrected chi connectivity index (χ3v) is 7.39. The smallest absolute Gasteiger partial charge is 0.260 e. The Morgan fingerprint density at radius 3 is 2.55 bits per heavy atom. The Kier molecular flexibility index (Phi) is 5.59. The lowest BCUT2D eigenvalue weighted by atomic mass is 10.2. The molecule has 31 heavy (non-hydrogen) atoms. The summed E-state index contributed by atoms with van der Waals surface area (Å²) in [7, 11) is -3.41. The molecule has 0 saturated heterocycles. The fourth-order valence-electron chi connectivity index (χ4n) is 2.97. The van der Waals surface area contributed by atoms with Gasteiger partial charge < -0.3 is 4.42 Å². The van der Waals surface area contributed by atoms with Crippen molar-refractivity contribution >= 4 is 42.4 Å². The number of nitrogens with zero attached hydrogens (tertiary/aromatic N) is 2. The molecule has 0 spiro atoms. The first-order valence-corrected chi connectivity index (χ1v) is 11.7. The number of rotatable bonds is 6. The Morgan fingerprint density at radius 2 is 1.90 bits per heavy atom. The molecule has 0 aliphatic heterocycles. The van der Waals surface area contributed by atoms with Crippen molar-refractivity contribution in [2.75, 3.05) is 10.7 Å². The van der Waals surface area contributed by atoms with Crippen LogP contribution in [0.25, 0.3) is 10.2 Å². The molecule has 2 heterocycles. The summed E-state index contributed by atoms with van der Waals surface area (Å²) < 4.78 is 57.4. The van der Waals surface area contributed by atoms with E-state index >= 15 is 0 Å². The molecule has 2 aromatic carbocycles. The highest BCUT2D eigenvalue weighted by molar-refractivity contribution is 7.91. The Balaban J connectivity index is 1.75. The highest BCUT2D eigenvalue weighted by Gasteiger charge is 2.24. The van der Waals surface area contributed by atoms with Crippen LogP contribution < -0.4 is 4.90 Å². The molecule has 0 saturated carbocycles. The maximum Gasteiger partial charge on any atom is 0.260 e. The van der Waals surface area contributed by atoms with Crippen molar-refractivity contribution in [3.8, 4) is 0 Å². The number of hydrogen-bond donors (Lipinski definition) is 0. The van der Waals surface area contributed by atoms with Crippen molar-refractivity contribution in [3.63, 3.8) is 0 Å². The molecule has 0 aliphatic rings. The molecule has 4 aromatic rings. The highest BCUT2D eigenvalue weighted by Crippen LogP contribution is 2.33. The van der Waals surface area contributed by atoms with E-state index in [2.05, 4.69) is 4.98 Å². The molecule has 6 nitrogen and oxygen atoms in total. The standard InChI is InChI=1S/C21H16F2N2O4S2/c1-2-31(27,28)16-7-5-13(6-8-16)20(26)25(12-15-4-3-9-29-15)21-24-19-17(23)10-14(22)11-18(19)30-21/h3-11H,2,12H2,1H3. The molecule has 0 N–H and O–H groups in total. The van der Waals surface area contributed by atoms with Crippen LogP contribution in [0.3, 0.4) is 0 Å². The lowest BCUT2D eigenvalue weighted by Gasteiger charge is -2.19. The Bertz CT molecular complexity index is 1350. The van der Waals surface area contributed by atoms with Gasteiger partial charge in [-0.3, -0.25) is 9.69 Å². The van der Waals surface area contributed by atoms with Crippen molar-refractivity contribution in [2.24, 2.45) is 0 Å². The molecule has 0 atom stereocenters. The van der Waals surface area contributed by atoms with Gasteiger partial charge in [-0.15, -0.1) is 0 Å². The second-order valence-corrected chi connectivity index (χ2v) is 9.92. The van der Waals surface area contributed by atoms with Crippen LogP contribution in [-0.4, -0.2) is 25.1 Å². The summed E-state index contributed by atoms with van der Waals surface area (Å²) in [5, 5.41) is 0.158. The quantitative estimate of drug-likeness (QED) is 0.411. The van der Waals surface area contributed by atoms with E-state index in [1.165, 1.54) is 42.4 Å². The first-order chi connectivity index (χ1) is 14.8. The lowest BCUT2D eigenvalue weighted by molar-refractivity contribution is 0.0983. The van der Waals surface area contributed by atoms with Gasteiger partial charge in [0.05, 0.1) is 28.2 Å². The molecule has 0 bridgehead atoms. The summed E-state index contributed by atoms with van der Waals surface area (Å²) in [5.74, 6) is -1.64. The fraction of sp³-hybridized carbons (Fsp3) is 0.143. The number of thiazole rings is 1. The van der Waals surface area contributed by atoms with E-state index in [1.54, 1.807) is 12.1 Å². The van der Waals surface area contributed by atoms with Crippen LogP contribution in [0.2, 0.25) is 0 Å². The van der Waals surface area contributed by atoms with Crippen LogP contribution in [0.1, 0.15) is 23.0 Å². The van der Waals surface area contributed by atoms with E-state index in [-0.39, 0.29) is 38.1 Å². The van der Waals surface area contributed by atoms with Crippen LogP contribution in [0, 0.1) is 11.6 Å². The first-order valence-electron chi connectivity index (χ1n) is 9.21. The number of anilines is 1. The van der Waals surface area contributed by atoms with Crippen molar-refractivity contribution in [1.82, 2.24) is 4.98 Å². The van der Waals surface area contributed by atoms with Gasteiger partial charge in [-0.2, -0.15) is 0 Å². The van der Waals surface area contributed by atoms with Crippen molar-refractivity contribution < 1.29 is 26.4 Å². The number of carbonyl (C=O) groups is 1. The summed E-state index contributed by atoms with van der Waals surface area (Å²) in [6.45, 7) is 1.54. The normalized spacial score (nSPS) is 11.7. The minimum Gasteiger partial charge on any atom is -0.467 e. The van der Waals surface area contributed by atoms with E-state index in [0.29, 0.717) is 5.76 Å². The monoisotopic (exact) mass is 462 g/mol. The van der Waals surface area contributed by atoms with Crippen molar-refractivity contribution in [3.05, 3.63) is 77.8 Å². The molecular weight excluding hydrogens is 446 g/mol.